The largest absolute Gasteiger partial charge is 0.345 e. The lowest BCUT2D eigenvalue weighted by molar-refractivity contribution is 0.0836. The fourth-order valence-electron chi connectivity index (χ4n) is 2.46. The molecule has 1 saturated carbocycles. The molecule has 3 N–H and O–H groups in total. The Balaban J connectivity index is 2.20. The van der Waals surface area contributed by atoms with Crippen LogP contribution in [0.1, 0.15) is 40.7 Å². The van der Waals surface area contributed by atoms with Crippen molar-refractivity contribution in [1.29, 1.82) is 0 Å². The molecule has 92 valence electrons. The van der Waals surface area contributed by atoms with E-state index in [2.05, 4.69) is 5.32 Å². The standard InChI is InChI=1S/C14H20N2O/c1-10-5-3-6-11(2)12(10)13(17)16-14(9-15)7-4-8-14/h3,5-6H,4,7-9,15H2,1-2H3,(H,16,17). The number of aryl methyl sites for hydroxylation is 2. The summed E-state index contributed by atoms with van der Waals surface area (Å²) in [7, 11) is 0. The molecule has 1 fully saturated rings. The molecule has 0 atom stereocenters. The molecule has 2 rings (SSSR count). The maximum absolute atomic E-state index is 12.3. The van der Waals surface area contributed by atoms with Crippen molar-refractivity contribution >= 4 is 5.91 Å². The van der Waals surface area contributed by atoms with Crippen LogP contribution in [0.2, 0.25) is 0 Å². The zero-order valence-electron chi connectivity index (χ0n) is 10.5. The van der Waals surface area contributed by atoms with E-state index in [9.17, 15) is 4.79 Å². The van der Waals surface area contributed by atoms with Crippen molar-refractivity contribution in [2.75, 3.05) is 6.54 Å². The smallest absolute Gasteiger partial charge is 0.252 e. The summed E-state index contributed by atoms with van der Waals surface area (Å²) in [5, 5.41) is 3.11. The highest BCUT2D eigenvalue weighted by molar-refractivity contribution is 5.97. The predicted molar refractivity (Wildman–Crippen MR) is 69.0 cm³/mol. The highest BCUT2D eigenvalue weighted by atomic mass is 16.1. The topological polar surface area (TPSA) is 55.1 Å². The van der Waals surface area contributed by atoms with E-state index in [-0.39, 0.29) is 11.4 Å². The zero-order valence-corrected chi connectivity index (χ0v) is 10.5. The van der Waals surface area contributed by atoms with Crippen molar-refractivity contribution in [2.45, 2.75) is 38.6 Å². The minimum Gasteiger partial charge on any atom is -0.345 e. The second-order valence-corrected chi connectivity index (χ2v) is 5.06. The molecule has 0 unspecified atom stereocenters. The average Bonchev–Trinajstić information content (AvgIpc) is 2.23. The summed E-state index contributed by atoms with van der Waals surface area (Å²) in [4.78, 5) is 12.3. The first-order chi connectivity index (χ1) is 8.08. The lowest BCUT2D eigenvalue weighted by Crippen LogP contribution is -2.58. The second-order valence-electron chi connectivity index (χ2n) is 5.06. The quantitative estimate of drug-likeness (QED) is 0.836. The Morgan fingerprint density at radius 3 is 2.35 bits per heavy atom. The lowest BCUT2D eigenvalue weighted by atomic mass is 9.76. The van der Waals surface area contributed by atoms with Crippen LogP contribution in [0.25, 0.3) is 0 Å². The Morgan fingerprint density at radius 1 is 1.35 bits per heavy atom. The number of hydrogen-bond donors (Lipinski definition) is 2. The SMILES string of the molecule is Cc1cccc(C)c1C(=O)NC1(CN)CCC1. The van der Waals surface area contributed by atoms with Crippen molar-refractivity contribution in [3.05, 3.63) is 34.9 Å². The molecular formula is C14H20N2O. The third-order valence-corrected chi connectivity index (χ3v) is 3.79. The third-order valence-electron chi connectivity index (χ3n) is 3.79. The van der Waals surface area contributed by atoms with Gasteiger partial charge in [-0.1, -0.05) is 18.2 Å². The summed E-state index contributed by atoms with van der Waals surface area (Å²) >= 11 is 0. The van der Waals surface area contributed by atoms with Gasteiger partial charge in [0.2, 0.25) is 0 Å². The molecule has 0 radical (unpaired) electrons. The van der Waals surface area contributed by atoms with E-state index in [4.69, 9.17) is 5.73 Å². The maximum atomic E-state index is 12.3. The number of nitrogens with two attached hydrogens (primary N) is 1. The first kappa shape index (κ1) is 12.1. The summed E-state index contributed by atoms with van der Waals surface area (Å²) in [5.41, 5.74) is 8.45. The molecular weight excluding hydrogens is 212 g/mol. The fraction of sp³-hybridized carbons (Fsp3) is 0.500. The summed E-state index contributed by atoms with van der Waals surface area (Å²) in [6.45, 7) is 4.47. The van der Waals surface area contributed by atoms with Crippen molar-refractivity contribution in [3.8, 4) is 0 Å². The molecule has 1 amide bonds. The molecule has 0 aliphatic heterocycles. The van der Waals surface area contributed by atoms with Crippen LogP contribution in [-0.4, -0.2) is 18.0 Å². The predicted octanol–water partition coefficient (Wildman–Crippen LogP) is 1.91. The van der Waals surface area contributed by atoms with E-state index in [0.717, 1.165) is 36.0 Å². The Bertz CT molecular complexity index is 410. The Hall–Kier alpha value is -1.35. The summed E-state index contributed by atoms with van der Waals surface area (Å²) in [5.74, 6) is 0.0192. The first-order valence-electron chi connectivity index (χ1n) is 6.17. The molecule has 1 aromatic rings. The highest BCUT2D eigenvalue weighted by Crippen LogP contribution is 2.31. The van der Waals surface area contributed by atoms with Gasteiger partial charge in [0.25, 0.3) is 5.91 Å². The minimum atomic E-state index is -0.147. The zero-order chi connectivity index (χ0) is 12.5. The van der Waals surface area contributed by atoms with Gasteiger partial charge >= 0.3 is 0 Å². The molecule has 0 bridgehead atoms. The molecule has 0 spiro atoms. The van der Waals surface area contributed by atoms with Crippen LogP contribution in [0.3, 0.4) is 0 Å². The van der Waals surface area contributed by atoms with Crippen molar-refractivity contribution < 1.29 is 4.79 Å². The van der Waals surface area contributed by atoms with E-state index in [0.29, 0.717) is 6.54 Å². The van der Waals surface area contributed by atoms with Crippen LogP contribution >= 0.6 is 0 Å². The van der Waals surface area contributed by atoms with Crippen LogP contribution in [0, 0.1) is 13.8 Å². The van der Waals surface area contributed by atoms with E-state index < -0.39 is 0 Å². The Kier molecular flexibility index (Phi) is 3.20. The second kappa shape index (κ2) is 4.49. The van der Waals surface area contributed by atoms with Crippen LogP contribution < -0.4 is 11.1 Å². The number of rotatable bonds is 3. The number of nitrogens with one attached hydrogen (secondary N) is 1. The number of benzene rings is 1. The van der Waals surface area contributed by atoms with Crippen LogP contribution in [0.4, 0.5) is 0 Å². The molecule has 1 aliphatic carbocycles. The Labute approximate surface area is 102 Å². The maximum Gasteiger partial charge on any atom is 0.252 e. The molecule has 0 aromatic heterocycles. The van der Waals surface area contributed by atoms with Crippen LogP contribution in [-0.2, 0) is 0 Å². The number of carbonyl (C=O) groups excluding carboxylic acids is 1. The van der Waals surface area contributed by atoms with Crippen molar-refractivity contribution in [3.63, 3.8) is 0 Å². The van der Waals surface area contributed by atoms with Gasteiger partial charge in [0, 0.05) is 12.1 Å². The number of carbonyl (C=O) groups is 1. The van der Waals surface area contributed by atoms with E-state index in [1.54, 1.807) is 0 Å². The van der Waals surface area contributed by atoms with Gasteiger partial charge in [0.05, 0.1) is 5.54 Å². The normalized spacial score (nSPS) is 17.4. The van der Waals surface area contributed by atoms with Crippen LogP contribution in [0.15, 0.2) is 18.2 Å². The van der Waals surface area contributed by atoms with Gasteiger partial charge in [-0.25, -0.2) is 0 Å². The number of amides is 1. The van der Waals surface area contributed by atoms with Crippen molar-refractivity contribution in [2.24, 2.45) is 5.73 Å². The van der Waals surface area contributed by atoms with Crippen LogP contribution in [0.5, 0.6) is 0 Å². The van der Waals surface area contributed by atoms with Crippen molar-refractivity contribution in [1.82, 2.24) is 5.32 Å². The third kappa shape index (κ3) is 2.20. The lowest BCUT2D eigenvalue weighted by Gasteiger charge is -2.41. The summed E-state index contributed by atoms with van der Waals surface area (Å²) < 4.78 is 0. The minimum absolute atomic E-state index is 0.0192. The van der Waals surface area contributed by atoms with Gasteiger partial charge in [-0.15, -0.1) is 0 Å². The first-order valence-corrected chi connectivity index (χ1v) is 6.17. The average molecular weight is 232 g/mol. The molecule has 3 heteroatoms. The number of hydrogen-bond acceptors (Lipinski definition) is 2. The monoisotopic (exact) mass is 232 g/mol. The van der Waals surface area contributed by atoms with Gasteiger partial charge in [-0.2, -0.15) is 0 Å². The van der Waals surface area contributed by atoms with E-state index in [1.807, 2.05) is 32.0 Å². The van der Waals surface area contributed by atoms with Gasteiger partial charge in [-0.05, 0) is 44.2 Å². The highest BCUT2D eigenvalue weighted by Gasteiger charge is 2.37. The molecule has 1 aromatic carbocycles. The molecule has 17 heavy (non-hydrogen) atoms. The van der Waals surface area contributed by atoms with Gasteiger partial charge < -0.3 is 11.1 Å². The van der Waals surface area contributed by atoms with Gasteiger partial charge in [0.1, 0.15) is 0 Å². The molecule has 3 nitrogen and oxygen atoms in total. The molecule has 0 saturated heterocycles. The fourth-order valence-corrected chi connectivity index (χ4v) is 2.46. The van der Waals surface area contributed by atoms with Gasteiger partial charge in [-0.3, -0.25) is 4.79 Å². The molecule has 0 heterocycles. The molecule has 1 aliphatic rings. The van der Waals surface area contributed by atoms with Gasteiger partial charge in [0.15, 0.2) is 0 Å². The summed E-state index contributed by atoms with van der Waals surface area (Å²) in [6.07, 6.45) is 3.16. The Morgan fingerprint density at radius 2 is 1.94 bits per heavy atom. The summed E-state index contributed by atoms with van der Waals surface area (Å²) in [6, 6.07) is 5.92. The van der Waals surface area contributed by atoms with E-state index in [1.165, 1.54) is 0 Å². The van der Waals surface area contributed by atoms with E-state index >= 15 is 0 Å².